The van der Waals surface area contributed by atoms with E-state index >= 15 is 0 Å². The molecule has 1 aromatic carbocycles. The highest BCUT2D eigenvalue weighted by atomic mass is 35.5. The molecule has 3 rings (SSSR count). The second-order valence-electron chi connectivity index (χ2n) is 5.15. The Morgan fingerprint density at radius 3 is 2.60 bits per heavy atom. The van der Waals surface area contributed by atoms with Gasteiger partial charge in [0.2, 0.25) is 0 Å². The first-order chi connectivity index (χ1) is 9.60. The second-order valence-corrected chi connectivity index (χ2v) is 5.59. The summed E-state index contributed by atoms with van der Waals surface area (Å²) < 4.78 is 1.55. The smallest absolute Gasteiger partial charge is 0.137 e. The third-order valence-electron chi connectivity index (χ3n) is 3.93. The number of aromatic nitrogens is 3. The first kappa shape index (κ1) is 13.1. The molecule has 0 bridgehead atoms. The van der Waals surface area contributed by atoms with Gasteiger partial charge in [-0.05, 0) is 30.5 Å². The second kappa shape index (κ2) is 4.58. The number of halogens is 1. The van der Waals surface area contributed by atoms with E-state index < -0.39 is 11.0 Å². The van der Waals surface area contributed by atoms with Crippen molar-refractivity contribution >= 4 is 11.6 Å². The number of benzene rings is 1. The molecule has 5 nitrogen and oxygen atoms in total. The lowest BCUT2D eigenvalue weighted by Gasteiger charge is -2.33. The molecule has 0 aliphatic heterocycles. The van der Waals surface area contributed by atoms with Crippen LogP contribution in [0.1, 0.15) is 18.4 Å². The molecule has 2 aromatic rings. The summed E-state index contributed by atoms with van der Waals surface area (Å²) in [5.41, 5.74) is -1.37. The maximum atomic E-state index is 11.2. The van der Waals surface area contributed by atoms with Crippen LogP contribution in [0.3, 0.4) is 0 Å². The van der Waals surface area contributed by atoms with Crippen molar-refractivity contribution < 1.29 is 5.11 Å². The molecule has 1 aliphatic carbocycles. The minimum atomic E-state index is -1.29. The Bertz CT molecular complexity index is 643. The molecule has 20 heavy (non-hydrogen) atoms. The van der Waals surface area contributed by atoms with Crippen LogP contribution in [0.15, 0.2) is 36.9 Å². The molecule has 1 atom stereocenters. The Hall–Kier alpha value is -1.90. The maximum Gasteiger partial charge on any atom is 0.137 e. The Morgan fingerprint density at radius 1 is 1.40 bits per heavy atom. The standard InChI is InChI=1S/C14H13ClN4O/c15-12-3-1-11(2-4-12)14(20,13(7-16)5-6-13)8-19-10-17-9-18-19/h1-4,9-10,20H,5-6,8H2. The number of nitrogens with zero attached hydrogens (tertiary/aromatic N) is 4. The van der Waals surface area contributed by atoms with Crippen LogP contribution < -0.4 is 0 Å². The van der Waals surface area contributed by atoms with Gasteiger partial charge < -0.3 is 5.11 Å². The quantitative estimate of drug-likeness (QED) is 0.935. The normalized spacial score (nSPS) is 19.1. The Morgan fingerprint density at radius 2 is 2.10 bits per heavy atom. The molecule has 102 valence electrons. The van der Waals surface area contributed by atoms with Gasteiger partial charge >= 0.3 is 0 Å². The van der Waals surface area contributed by atoms with Crippen LogP contribution in [0.25, 0.3) is 0 Å². The molecular formula is C14H13ClN4O. The molecular weight excluding hydrogens is 276 g/mol. The average molecular weight is 289 g/mol. The minimum absolute atomic E-state index is 0.197. The van der Waals surface area contributed by atoms with Crippen LogP contribution in [0.2, 0.25) is 5.02 Å². The molecule has 1 aromatic heterocycles. The Kier molecular flexibility index (Phi) is 3.00. The van der Waals surface area contributed by atoms with E-state index in [4.69, 9.17) is 11.6 Å². The van der Waals surface area contributed by atoms with E-state index in [1.54, 1.807) is 28.9 Å². The Balaban J connectivity index is 2.04. The van der Waals surface area contributed by atoms with Gasteiger partial charge in [0.15, 0.2) is 0 Å². The first-order valence-electron chi connectivity index (χ1n) is 6.32. The van der Waals surface area contributed by atoms with Crippen molar-refractivity contribution in [1.29, 1.82) is 5.26 Å². The number of aliphatic hydroxyl groups is 1. The topological polar surface area (TPSA) is 74.7 Å². The van der Waals surface area contributed by atoms with E-state index in [0.29, 0.717) is 23.4 Å². The van der Waals surface area contributed by atoms with Crippen molar-refractivity contribution in [1.82, 2.24) is 14.8 Å². The predicted molar refractivity (Wildman–Crippen MR) is 72.7 cm³/mol. The Labute approximate surface area is 121 Å². The van der Waals surface area contributed by atoms with Crippen molar-refractivity contribution in [3.8, 4) is 6.07 Å². The molecule has 0 saturated heterocycles. The maximum absolute atomic E-state index is 11.2. The molecule has 1 aliphatic rings. The number of rotatable bonds is 4. The first-order valence-corrected chi connectivity index (χ1v) is 6.70. The highest BCUT2D eigenvalue weighted by Crippen LogP contribution is 2.58. The summed E-state index contributed by atoms with van der Waals surface area (Å²) in [6, 6.07) is 9.23. The highest BCUT2D eigenvalue weighted by molar-refractivity contribution is 6.30. The van der Waals surface area contributed by atoms with Crippen LogP contribution in [-0.2, 0) is 12.1 Å². The lowest BCUT2D eigenvalue weighted by atomic mass is 9.79. The van der Waals surface area contributed by atoms with Gasteiger partial charge in [-0.15, -0.1) is 0 Å². The predicted octanol–water partition coefficient (Wildman–Crippen LogP) is 2.12. The summed E-state index contributed by atoms with van der Waals surface area (Å²) >= 11 is 5.89. The van der Waals surface area contributed by atoms with Gasteiger partial charge in [0, 0.05) is 5.02 Å². The SMILES string of the molecule is N#CC1(C(O)(Cn2cncn2)c2ccc(Cl)cc2)CC1. The van der Waals surface area contributed by atoms with Gasteiger partial charge in [0.25, 0.3) is 0 Å². The van der Waals surface area contributed by atoms with Gasteiger partial charge in [-0.25, -0.2) is 9.67 Å². The minimum Gasteiger partial charge on any atom is -0.382 e. The summed E-state index contributed by atoms with van der Waals surface area (Å²) in [6.45, 7) is 0.197. The molecule has 1 saturated carbocycles. The van der Waals surface area contributed by atoms with Gasteiger partial charge in [0.1, 0.15) is 18.3 Å². The summed E-state index contributed by atoms with van der Waals surface area (Å²) in [4.78, 5) is 3.88. The van der Waals surface area contributed by atoms with Gasteiger partial charge in [-0.3, -0.25) is 0 Å². The largest absolute Gasteiger partial charge is 0.382 e. The lowest BCUT2D eigenvalue weighted by Crippen LogP contribution is -2.40. The van der Waals surface area contributed by atoms with E-state index in [1.165, 1.54) is 12.7 Å². The molecule has 0 amide bonds. The molecule has 0 spiro atoms. The van der Waals surface area contributed by atoms with Gasteiger partial charge in [0.05, 0.1) is 18.0 Å². The van der Waals surface area contributed by atoms with Gasteiger partial charge in [-0.2, -0.15) is 10.4 Å². The van der Waals surface area contributed by atoms with Crippen molar-refractivity contribution in [3.63, 3.8) is 0 Å². The summed E-state index contributed by atoms with van der Waals surface area (Å²) in [5.74, 6) is 0. The zero-order chi connectivity index (χ0) is 14.2. The fraction of sp³-hybridized carbons (Fsp3) is 0.357. The zero-order valence-electron chi connectivity index (χ0n) is 10.7. The van der Waals surface area contributed by atoms with Crippen molar-refractivity contribution in [2.75, 3.05) is 0 Å². The van der Waals surface area contributed by atoms with Crippen molar-refractivity contribution in [2.45, 2.75) is 25.0 Å². The van der Waals surface area contributed by atoms with Crippen LogP contribution in [0.4, 0.5) is 0 Å². The molecule has 1 N–H and O–H groups in total. The third-order valence-corrected chi connectivity index (χ3v) is 4.19. The molecule has 1 unspecified atom stereocenters. The van der Waals surface area contributed by atoms with Crippen LogP contribution in [-0.4, -0.2) is 19.9 Å². The molecule has 6 heteroatoms. The number of hydrogen-bond acceptors (Lipinski definition) is 4. The zero-order valence-corrected chi connectivity index (χ0v) is 11.5. The lowest BCUT2D eigenvalue weighted by molar-refractivity contribution is -0.0344. The van der Waals surface area contributed by atoms with Gasteiger partial charge in [-0.1, -0.05) is 23.7 Å². The number of hydrogen-bond donors (Lipinski definition) is 1. The van der Waals surface area contributed by atoms with E-state index in [-0.39, 0.29) is 6.54 Å². The van der Waals surface area contributed by atoms with Crippen LogP contribution in [0, 0.1) is 16.7 Å². The van der Waals surface area contributed by atoms with Crippen LogP contribution >= 0.6 is 11.6 Å². The molecule has 1 heterocycles. The van der Waals surface area contributed by atoms with Crippen molar-refractivity contribution in [3.05, 3.63) is 47.5 Å². The summed E-state index contributed by atoms with van der Waals surface area (Å²) in [7, 11) is 0. The highest BCUT2D eigenvalue weighted by Gasteiger charge is 2.60. The third kappa shape index (κ3) is 1.98. The fourth-order valence-corrected chi connectivity index (χ4v) is 2.66. The van der Waals surface area contributed by atoms with E-state index in [0.717, 1.165) is 0 Å². The summed E-state index contributed by atoms with van der Waals surface area (Å²) in [5, 5.41) is 25.3. The fourth-order valence-electron chi connectivity index (χ4n) is 2.54. The average Bonchev–Trinajstić information content (AvgIpc) is 3.11. The number of nitriles is 1. The summed E-state index contributed by atoms with van der Waals surface area (Å²) in [6.07, 6.45) is 4.30. The van der Waals surface area contributed by atoms with E-state index in [2.05, 4.69) is 16.2 Å². The monoisotopic (exact) mass is 288 g/mol. The van der Waals surface area contributed by atoms with Crippen LogP contribution in [0.5, 0.6) is 0 Å². The van der Waals surface area contributed by atoms with E-state index in [1.807, 2.05) is 0 Å². The molecule has 0 radical (unpaired) electrons. The van der Waals surface area contributed by atoms with E-state index in [9.17, 15) is 10.4 Å². The molecule has 1 fully saturated rings. The van der Waals surface area contributed by atoms with Crippen molar-refractivity contribution in [2.24, 2.45) is 5.41 Å².